The Labute approximate surface area is 173 Å². The molecule has 0 aliphatic carbocycles. The molecule has 2 N–H and O–H groups in total. The molecule has 0 unspecified atom stereocenters. The highest BCUT2D eigenvalue weighted by Gasteiger charge is 2.26. The largest absolute Gasteiger partial charge is 0.459 e. The number of carbonyl (C=O) groups is 1. The summed E-state index contributed by atoms with van der Waals surface area (Å²) >= 11 is 0. The van der Waals surface area contributed by atoms with E-state index in [-0.39, 0.29) is 18.3 Å². The molecular weight excluding hydrogens is 380 g/mol. The van der Waals surface area contributed by atoms with E-state index in [1.165, 1.54) is 0 Å². The van der Waals surface area contributed by atoms with Gasteiger partial charge in [0.1, 0.15) is 23.5 Å². The minimum Gasteiger partial charge on any atom is -0.459 e. The van der Waals surface area contributed by atoms with E-state index >= 15 is 0 Å². The highest BCUT2D eigenvalue weighted by molar-refractivity contribution is 6.08. The molecule has 2 aromatic carbocycles. The van der Waals surface area contributed by atoms with E-state index in [9.17, 15) is 4.79 Å². The van der Waals surface area contributed by atoms with Crippen molar-refractivity contribution in [2.24, 2.45) is 0 Å². The van der Waals surface area contributed by atoms with E-state index in [2.05, 4.69) is 0 Å². The number of nitrogens with two attached hydrogens (primary N) is 1. The first-order chi connectivity index (χ1) is 14.7. The van der Waals surface area contributed by atoms with Crippen molar-refractivity contribution in [3.63, 3.8) is 0 Å². The third kappa shape index (κ3) is 3.37. The Bertz CT molecular complexity index is 1210. The molecule has 1 saturated heterocycles. The predicted octanol–water partition coefficient (Wildman–Crippen LogP) is 3.55. The first-order valence-electron chi connectivity index (χ1n) is 10.1. The van der Waals surface area contributed by atoms with Crippen molar-refractivity contribution < 1.29 is 14.3 Å². The zero-order chi connectivity index (χ0) is 20.5. The van der Waals surface area contributed by atoms with Gasteiger partial charge in [0.05, 0.1) is 23.7 Å². The summed E-state index contributed by atoms with van der Waals surface area (Å²) in [6.07, 6.45) is 1.82. The number of para-hydroxylation sites is 2. The minimum atomic E-state index is -0.496. The lowest BCUT2D eigenvalue weighted by Gasteiger charge is -2.10. The first kappa shape index (κ1) is 18.6. The first-order valence-corrected chi connectivity index (χ1v) is 10.1. The van der Waals surface area contributed by atoms with E-state index < -0.39 is 5.97 Å². The summed E-state index contributed by atoms with van der Waals surface area (Å²) in [4.78, 5) is 22.5. The van der Waals surface area contributed by atoms with Crippen molar-refractivity contribution in [2.75, 3.05) is 18.9 Å². The maximum atomic E-state index is 13.0. The SMILES string of the molecule is Nc1c(C(=O)OC[C@H]2CCCO2)c2nc3ccccc3nc2n1Cc1ccccc1. The van der Waals surface area contributed by atoms with Crippen molar-refractivity contribution in [2.45, 2.75) is 25.5 Å². The van der Waals surface area contributed by atoms with Crippen LogP contribution in [0.5, 0.6) is 0 Å². The van der Waals surface area contributed by atoms with Crippen LogP contribution in [0, 0.1) is 0 Å². The number of hydrogen-bond acceptors (Lipinski definition) is 6. The van der Waals surface area contributed by atoms with Crippen molar-refractivity contribution in [1.82, 2.24) is 14.5 Å². The molecule has 0 saturated carbocycles. The molecule has 7 nitrogen and oxygen atoms in total. The molecule has 2 aromatic heterocycles. The van der Waals surface area contributed by atoms with Crippen LogP contribution in [0.3, 0.4) is 0 Å². The van der Waals surface area contributed by atoms with Gasteiger partial charge in [0.25, 0.3) is 0 Å². The molecule has 1 fully saturated rings. The molecule has 1 aliphatic rings. The number of carbonyl (C=O) groups excluding carboxylic acids is 1. The number of fused-ring (bicyclic) bond motifs is 2. The number of nitrogen functional groups attached to an aromatic ring is 1. The summed E-state index contributed by atoms with van der Waals surface area (Å²) in [5.74, 6) is -0.189. The Kier molecular flexibility index (Phi) is 4.80. The van der Waals surface area contributed by atoms with E-state index in [4.69, 9.17) is 25.2 Å². The van der Waals surface area contributed by atoms with Gasteiger partial charge in [-0.3, -0.25) is 0 Å². The van der Waals surface area contributed by atoms with Crippen molar-refractivity contribution >= 4 is 34.0 Å². The van der Waals surface area contributed by atoms with E-state index in [0.29, 0.717) is 35.7 Å². The van der Waals surface area contributed by atoms with Crippen molar-refractivity contribution in [3.05, 3.63) is 65.7 Å². The number of nitrogens with zero attached hydrogens (tertiary/aromatic N) is 3. The molecule has 0 amide bonds. The smallest absolute Gasteiger partial charge is 0.344 e. The Balaban J connectivity index is 1.60. The summed E-state index contributed by atoms with van der Waals surface area (Å²) < 4.78 is 12.9. The second kappa shape index (κ2) is 7.76. The Morgan fingerprint density at radius 1 is 1.10 bits per heavy atom. The monoisotopic (exact) mass is 402 g/mol. The summed E-state index contributed by atoms with van der Waals surface area (Å²) in [6, 6.07) is 17.5. The number of benzene rings is 2. The summed E-state index contributed by atoms with van der Waals surface area (Å²) in [6.45, 7) is 1.40. The predicted molar refractivity (Wildman–Crippen MR) is 114 cm³/mol. The average Bonchev–Trinajstić information content (AvgIpc) is 3.38. The van der Waals surface area contributed by atoms with Gasteiger partial charge in [0.2, 0.25) is 0 Å². The number of hydrogen-bond donors (Lipinski definition) is 1. The lowest BCUT2D eigenvalue weighted by atomic mass is 10.2. The number of anilines is 1. The average molecular weight is 402 g/mol. The molecule has 4 aromatic rings. The molecule has 1 atom stereocenters. The number of ether oxygens (including phenoxy) is 2. The van der Waals surface area contributed by atoms with Crippen LogP contribution in [0.1, 0.15) is 28.8 Å². The molecule has 152 valence electrons. The van der Waals surface area contributed by atoms with Gasteiger partial charge >= 0.3 is 5.97 Å². The van der Waals surface area contributed by atoms with Crippen molar-refractivity contribution in [3.8, 4) is 0 Å². The fourth-order valence-corrected chi connectivity index (χ4v) is 3.86. The molecular formula is C23H22N4O3. The number of aromatic nitrogens is 3. The number of rotatable bonds is 5. The normalized spacial score (nSPS) is 16.3. The van der Waals surface area contributed by atoms with E-state index in [0.717, 1.165) is 23.9 Å². The van der Waals surface area contributed by atoms with Crippen molar-refractivity contribution in [1.29, 1.82) is 0 Å². The molecule has 1 aliphatic heterocycles. The van der Waals surface area contributed by atoms with Gasteiger partial charge in [-0.2, -0.15) is 0 Å². The van der Waals surface area contributed by atoms with E-state index in [1.807, 2.05) is 59.2 Å². The van der Waals surface area contributed by atoms with Gasteiger partial charge < -0.3 is 19.8 Å². The van der Waals surface area contributed by atoms with Gasteiger partial charge in [-0.15, -0.1) is 0 Å². The van der Waals surface area contributed by atoms with Crippen LogP contribution in [0.25, 0.3) is 22.2 Å². The van der Waals surface area contributed by atoms with Crippen LogP contribution < -0.4 is 5.73 Å². The second-order valence-electron chi connectivity index (χ2n) is 7.45. The topological polar surface area (TPSA) is 92.3 Å². The zero-order valence-electron chi connectivity index (χ0n) is 16.5. The maximum absolute atomic E-state index is 13.0. The molecule has 0 radical (unpaired) electrons. The lowest BCUT2D eigenvalue weighted by molar-refractivity contribution is 0.0163. The minimum absolute atomic E-state index is 0.0558. The van der Waals surface area contributed by atoms with Crippen LogP contribution >= 0.6 is 0 Å². The van der Waals surface area contributed by atoms with Gasteiger partial charge in [0, 0.05) is 6.61 Å². The quantitative estimate of drug-likeness (QED) is 0.513. The van der Waals surface area contributed by atoms with Gasteiger partial charge in [-0.05, 0) is 30.5 Å². The second-order valence-corrected chi connectivity index (χ2v) is 7.45. The van der Waals surface area contributed by atoms with Crippen LogP contribution in [-0.2, 0) is 16.0 Å². The van der Waals surface area contributed by atoms with Gasteiger partial charge in [-0.25, -0.2) is 14.8 Å². The Morgan fingerprint density at radius 3 is 2.57 bits per heavy atom. The van der Waals surface area contributed by atoms with Crippen LogP contribution in [0.2, 0.25) is 0 Å². The van der Waals surface area contributed by atoms with Crippen LogP contribution in [-0.4, -0.2) is 39.8 Å². The third-order valence-corrected chi connectivity index (χ3v) is 5.40. The lowest BCUT2D eigenvalue weighted by Crippen LogP contribution is -2.18. The Hall–Kier alpha value is -3.45. The summed E-state index contributed by atoms with van der Waals surface area (Å²) in [5, 5.41) is 0. The fraction of sp³-hybridized carbons (Fsp3) is 0.261. The highest BCUT2D eigenvalue weighted by Crippen LogP contribution is 2.29. The van der Waals surface area contributed by atoms with Crippen LogP contribution in [0.4, 0.5) is 5.82 Å². The van der Waals surface area contributed by atoms with Gasteiger partial charge in [-0.1, -0.05) is 42.5 Å². The summed E-state index contributed by atoms with van der Waals surface area (Å²) in [5.41, 5.74) is 10.3. The molecule has 5 rings (SSSR count). The third-order valence-electron chi connectivity index (χ3n) is 5.40. The number of esters is 1. The molecule has 7 heteroatoms. The summed E-state index contributed by atoms with van der Waals surface area (Å²) in [7, 11) is 0. The molecule has 30 heavy (non-hydrogen) atoms. The standard InChI is InChI=1S/C23H22N4O3/c24-21-19(23(28)30-14-16-9-6-12-29-16)20-22(26-18-11-5-4-10-17(18)25-20)27(21)13-15-7-2-1-3-8-15/h1-5,7-8,10-11,16H,6,9,12-14,24H2/t16-/m1/s1. The molecule has 3 heterocycles. The van der Waals surface area contributed by atoms with Gasteiger partial charge in [0.15, 0.2) is 5.65 Å². The highest BCUT2D eigenvalue weighted by atomic mass is 16.6. The van der Waals surface area contributed by atoms with E-state index in [1.54, 1.807) is 0 Å². The Morgan fingerprint density at radius 2 is 1.83 bits per heavy atom. The zero-order valence-corrected chi connectivity index (χ0v) is 16.5. The maximum Gasteiger partial charge on any atom is 0.344 e. The fourth-order valence-electron chi connectivity index (χ4n) is 3.86. The van der Waals surface area contributed by atoms with Crippen LogP contribution in [0.15, 0.2) is 54.6 Å². The molecule has 0 spiro atoms. The molecule has 0 bridgehead atoms.